The second kappa shape index (κ2) is 14.4. The number of halogens is 3. The minimum Gasteiger partial charge on any atom is -0.475 e. The third kappa shape index (κ3) is 9.15. The molecule has 0 aliphatic carbocycles. The molecule has 0 unspecified atom stereocenters. The van der Waals surface area contributed by atoms with Crippen molar-refractivity contribution in [2.24, 2.45) is 11.7 Å². The van der Waals surface area contributed by atoms with Crippen molar-refractivity contribution in [2.45, 2.75) is 25.6 Å². The van der Waals surface area contributed by atoms with E-state index in [1.165, 1.54) is 19.2 Å². The average molecular weight is 589 g/mol. The van der Waals surface area contributed by atoms with Crippen molar-refractivity contribution in [2.75, 3.05) is 7.11 Å². The fraction of sp³-hybridized carbons (Fsp3) is 0.214. The summed E-state index contributed by atoms with van der Waals surface area (Å²) in [6.07, 6.45) is -4.87. The van der Waals surface area contributed by atoms with Crippen molar-refractivity contribution < 1.29 is 42.3 Å². The van der Waals surface area contributed by atoms with Crippen LogP contribution in [0.15, 0.2) is 72.8 Å². The molecular weight excluding hydrogens is 561 g/mol. The maximum Gasteiger partial charge on any atom is 0.490 e. The Balaban J connectivity index is 0.000000782. The predicted octanol–water partition coefficient (Wildman–Crippen LogP) is 4.33. The highest BCUT2D eigenvalue weighted by Gasteiger charge is 2.38. The van der Waals surface area contributed by atoms with Crippen LogP contribution in [0.3, 0.4) is 0 Å². The van der Waals surface area contributed by atoms with E-state index in [1.807, 2.05) is 30.3 Å². The van der Waals surface area contributed by atoms with Gasteiger partial charge >= 0.3 is 18.1 Å². The fourth-order valence-electron chi connectivity index (χ4n) is 3.81. The van der Waals surface area contributed by atoms with Gasteiger partial charge in [-0.2, -0.15) is 13.2 Å². The molecule has 0 spiro atoms. The fourth-order valence-corrected chi connectivity index (χ4v) is 3.81. The van der Waals surface area contributed by atoms with E-state index in [1.54, 1.807) is 37.3 Å². The van der Waals surface area contributed by atoms with Crippen LogP contribution in [0.4, 0.5) is 18.9 Å². The Morgan fingerprint density at radius 2 is 1.67 bits per heavy atom. The van der Waals surface area contributed by atoms with Gasteiger partial charge in [-0.25, -0.2) is 4.79 Å². The molecule has 1 amide bonds. The number of hydrogen-bond donors (Lipinski definition) is 4. The van der Waals surface area contributed by atoms with Crippen LogP contribution < -0.4 is 11.1 Å². The van der Waals surface area contributed by atoms with Crippen LogP contribution in [0.1, 0.15) is 28.4 Å². The third-order valence-electron chi connectivity index (χ3n) is 5.95. The maximum atomic E-state index is 13.0. The first-order valence-electron chi connectivity index (χ1n) is 12.1. The number of nitrogens with two attached hydrogens (primary N) is 1. The zero-order valence-electron chi connectivity index (χ0n) is 22.3. The maximum absolute atomic E-state index is 13.0. The number of carboxylic acid groups (broad SMARTS) is 1. The molecule has 3 rings (SSSR count). The highest BCUT2D eigenvalue weighted by molar-refractivity contribution is 5.99. The van der Waals surface area contributed by atoms with Crippen LogP contribution in [0.5, 0.6) is 0 Å². The largest absolute Gasteiger partial charge is 0.490 e. The van der Waals surface area contributed by atoms with Crippen molar-refractivity contribution in [1.82, 2.24) is 5.32 Å². The third-order valence-corrected chi connectivity index (χ3v) is 5.95. The van der Waals surface area contributed by atoms with Crippen LogP contribution >= 0.6 is 0 Å². The molecule has 0 bridgehead atoms. The Bertz CT molecular complexity index is 1460. The lowest BCUT2D eigenvalue weighted by Gasteiger charge is -2.23. The summed E-state index contributed by atoms with van der Waals surface area (Å²) in [5.74, 6) is -4.84. The highest BCUT2D eigenvalue weighted by Crippen LogP contribution is 2.28. The van der Waals surface area contributed by atoms with E-state index in [-0.39, 0.29) is 23.5 Å². The van der Waals surface area contributed by atoms with Crippen LogP contribution in [-0.2, 0) is 20.7 Å². The average Bonchev–Trinajstić information content (AvgIpc) is 2.95. The van der Waals surface area contributed by atoms with Crippen molar-refractivity contribution in [3.63, 3.8) is 0 Å². The van der Waals surface area contributed by atoms with Crippen LogP contribution in [-0.4, -0.2) is 53.0 Å². The minimum absolute atomic E-state index is 0.103. The van der Waals surface area contributed by atoms with Gasteiger partial charge in [-0.1, -0.05) is 54.6 Å². The summed E-state index contributed by atoms with van der Waals surface area (Å²) < 4.78 is 36.7. The van der Waals surface area contributed by atoms with Crippen molar-refractivity contribution in [1.29, 1.82) is 5.41 Å². The predicted molar refractivity (Wildman–Crippen MR) is 146 cm³/mol. The molecule has 0 aliphatic heterocycles. The van der Waals surface area contributed by atoms with Crippen molar-refractivity contribution in [3.8, 4) is 11.1 Å². The number of nitrogens with zero attached hydrogens (tertiary/aromatic N) is 1. The molecule has 0 aliphatic rings. The monoisotopic (exact) mass is 588 g/mol. The molecule has 3 aromatic rings. The first-order chi connectivity index (χ1) is 19.6. The number of rotatable bonds is 9. The van der Waals surface area contributed by atoms with E-state index in [9.17, 15) is 32.9 Å². The summed E-state index contributed by atoms with van der Waals surface area (Å²) in [4.78, 5) is 45.6. The quantitative estimate of drug-likeness (QED) is 0.0935. The Morgan fingerprint density at radius 3 is 2.19 bits per heavy atom. The summed E-state index contributed by atoms with van der Waals surface area (Å²) in [7, 11) is 1.25. The summed E-state index contributed by atoms with van der Waals surface area (Å²) >= 11 is 0. The summed E-state index contributed by atoms with van der Waals surface area (Å²) in [5.41, 5.74) is 7.75. The van der Waals surface area contributed by atoms with Gasteiger partial charge in [-0.05, 0) is 42.2 Å². The number of amides is 1. The lowest BCUT2D eigenvalue weighted by Crippen LogP contribution is -2.43. The number of nitrogens with one attached hydrogen (secondary N) is 2. The molecule has 0 heterocycles. The molecule has 5 N–H and O–H groups in total. The number of aliphatic carboxylic acids is 1. The van der Waals surface area contributed by atoms with Gasteiger partial charge in [-0.3, -0.25) is 25.1 Å². The molecule has 2 atom stereocenters. The number of amidine groups is 1. The highest BCUT2D eigenvalue weighted by atomic mass is 19.4. The zero-order chi connectivity index (χ0) is 31.6. The number of carboxylic acids is 1. The van der Waals surface area contributed by atoms with Gasteiger partial charge in [0.25, 0.3) is 11.6 Å². The second-order valence-electron chi connectivity index (χ2n) is 8.87. The number of nitrogen functional groups attached to an aromatic ring is 1. The van der Waals surface area contributed by atoms with Crippen LogP contribution in [0, 0.1) is 21.4 Å². The first kappa shape index (κ1) is 32.9. The van der Waals surface area contributed by atoms with Crippen LogP contribution in [0.2, 0.25) is 0 Å². The molecule has 14 heteroatoms. The first-order valence-corrected chi connectivity index (χ1v) is 12.1. The van der Waals surface area contributed by atoms with Gasteiger partial charge in [0.15, 0.2) is 0 Å². The molecule has 0 radical (unpaired) electrons. The van der Waals surface area contributed by atoms with Gasteiger partial charge in [0.1, 0.15) is 11.4 Å². The van der Waals surface area contributed by atoms with E-state index in [2.05, 4.69) is 5.32 Å². The van der Waals surface area contributed by atoms with Gasteiger partial charge < -0.3 is 20.9 Å². The number of alkyl halides is 3. The number of methoxy groups -OCH3 is 1. The summed E-state index contributed by atoms with van der Waals surface area (Å²) in [6.45, 7) is 1.64. The summed E-state index contributed by atoms with van der Waals surface area (Å²) in [6, 6.07) is 19.7. The normalized spacial score (nSPS) is 12.1. The van der Waals surface area contributed by atoms with E-state index >= 15 is 0 Å². The number of esters is 1. The number of carbonyl (C=O) groups is 3. The van der Waals surface area contributed by atoms with Gasteiger partial charge in [-0.15, -0.1) is 0 Å². The summed E-state index contributed by atoms with van der Waals surface area (Å²) in [5, 5.41) is 29.2. The zero-order valence-corrected chi connectivity index (χ0v) is 22.3. The second-order valence-corrected chi connectivity index (χ2v) is 8.87. The number of nitro groups is 1. The van der Waals surface area contributed by atoms with E-state index in [0.29, 0.717) is 11.1 Å². The lowest BCUT2D eigenvalue weighted by atomic mass is 9.92. The van der Waals surface area contributed by atoms with E-state index in [4.69, 9.17) is 25.8 Å². The Labute approximate surface area is 237 Å². The number of hydrogen-bond acceptors (Lipinski definition) is 7. The number of benzene rings is 3. The van der Waals surface area contributed by atoms with Gasteiger partial charge in [0.2, 0.25) is 0 Å². The smallest absolute Gasteiger partial charge is 0.475 e. The van der Waals surface area contributed by atoms with E-state index < -0.39 is 40.9 Å². The van der Waals surface area contributed by atoms with Gasteiger partial charge in [0.05, 0.1) is 18.0 Å². The molecule has 42 heavy (non-hydrogen) atoms. The molecule has 0 saturated carbocycles. The molecule has 3 aromatic carbocycles. The number of nitro benzene ring substituents is 1. The molecule has 222 valence electrons. The SMILES string of the molecule is COC(=O)[C@H](Cc1cccc(C(=N)N)c1)[C@@H](C)NC(=O)c1ccc(-c2ccccc2)cc1[N+](=O)[O-].O=C(O)C(F)(F)F. The van der Waals surface area contributed by atoms with Crippen LogP contribution in [0.25, 0.3) is 11.1 Å². The van der Waals surface area contributed by atoms with Crippen molar-refractivity contribution in [3.05, 3.63) is 99.6 Å². The molecular formula is C28H27F3N4O7. The topological polar surface area (TPSA) is 186 Å². The Kier molecular flexibility index (Phi) is 11.3. The molecule has 0 saturated heterocycles. The Hall–Kier alpha value is -5.27. The molecule has 0 fully saturated rings. The molecule has 0 aromatic heterocycles. The van der Waals surface area contributed by atoms with Gasteiger partial charge in [0, 0.05) is 17.7 Å². The lowest BCUT2D eigenvalue weighted by molar-refractivity contribution is -0.385. The standard InChI is InChI=1S/C26H26N4O5.C2HF3O2/c1-16(22(26(32)35-2)14-17-7-6-10-20(13-17)24(27)28)29-25(31)21-12-11-19(15-23(21)30(33)34)18-8-4-3-5-9-18;3-2(4,5)1(6)7/h3-13,15-16,22H,14H2,1-2H3,(H3,27,28)(H,29,31);(H,6,7)/t16-,22-;/m1./s1. The number of ether oxygens (including phenoxy) is 1. The Morgan fingerprint density at radius 1 is 1.05 bits per heavy atom. The number of carbonyl (C=O) groups excluding carboxylic acids is 2. The van der Waals surface area contributed by atoms with Crippen molar-refractivity contribution >= 4 is 29.4 Å². The van der Waals surface area contributed by atoms with E-state index in [0.717, 1.165) is 11.1 Å². The molecule has 11 nitrogen and oxygen atoms in total. The minimum atomic E-state index is -5.08.